The van der Waals surface area contributed by atoms with Gasteiger partial charge in [-0.15, -0.1) is 0 Å². The molecule has 0 saturated heterocycles. The van der Waals surface area contributed by atoms with Crippen LogP contribution in [0.3, 0.4) is 0 Å². The van der Waals surface area contributed by atoms with Crippen molar-refractivity contribution < 1.29 is 8.81 Å². The van der Waals surface area contributed by atoms with Crippen molar-refractivity contribution in [2.75, 3.05) is 13.1 Å². The molecule has 2 aromatic carbocycles. The molecule has 30 heavy (non-hydrogen) atoms. The van der Waals surface area contributed by atoms with Crippen LogP contribution in [0.1, 0.15) is 45.9 Å². The van der Waals surface area contributed by atoms with E-state index in [1.807, 2.05) is 30.5 Å². The van der Waals surface area contributed by atoms with Gasteiger partial charge in [-0.25, -0.2) is 9.37 Å². The second kappa shape index (κ2) is 9.00. The van der Waals surface area contributed by atoms with Gasteiger partial charge in [-0.05, 0) is 67.7 Å². The summed E-state index contributed by atoms with van der Waals surface area (Å²) in [6.07, 6.45) is 5.45. The Hall–Kier alpha value is -2.66. The van der Waals surface area contributed by atoms with E-state index in [0.717, 1.165) is 71.0 Å². The number of rotatable bonds is 9. The van der Waals surface area contributed by atoms with Crippen LogP contribution in [-0.4, -0.2) is 28.0 Å². The van der Waals surface area contributed by atoms with Gasteiger partial charge in [0.1, 0.15) is 11.3 Å². The van der Waals surface area contributed by atoms with Gasteiger partial charge in [0.25, 0.3) is 0 Å². The summed E-state index contributed by atoms with van der Waals surface area (Å²) in [6, 6.07) is 10.9. The minimum absolute atomic E-state index is 0.240. The molecule has 4 nitrogen and oxygen atoms in total. The molecule has 4 rings (SSSR count). The molecule has 158 valence electrons. The molecular formula is C25H30FN3O. The van der Waals surface area contributed by atoms with Gasteiger partial charge in [0.05, 0.1) is 6.54 Å². The number of aromatic nitrogens is 2. The molecule has 1 N–H and O–H groups in total. The van der Waals surface area contributed by atoms with Gasteiger partial charge in [-0.1, -0.05) is 33.3 Å². The predicted molar refractivity (Wildman–Crippen MR) is 121 cm³/mol. The van der Waals surface area contributed by atoms with E-state index in [1.165, 1.54) is 25.0 Å². The highest BCUT2D eigenvalue weighted by Crippen LogP contribution is 2.31. The van der Waals surface area contributed by atoms with Crippen molar-refractivity contribution in [2.24, 2.45) is 5.92 Å². The van der Waals surface area contributed by atoms with Gasteiger partial charge in [0.15, 0.2) is 5.58 Å². The number of H-pyrrole nitrogens is 1. The molecule has 4 aromatic rings. The van der Waals surface area contributed by atoms with Crippen LogP contribution < -0.4 is 0 Å². The summed E-state index contributed by atoms with van der Waals surface area (Å²) in [6.45, 7) is 9.62. The third kappa shape index (κ3) is 4.41. The smallest absolute Gasteiger partial charge is 0.209 e. The van der Waals surface area contributed by atoms with Crippen LogP contribution in [-0.2, 0) is 6.54 Å². The molecule has 0 aliphatic rings. The van der Waals surface area contributed by atoms with Crippen molar-refractivity contribution in [3.63, 3.8) is 0 Å². The fourth-order valence-corrected chi connectivity index (χ4v) is 3.93. The summed E-state index contributed by atoms with van der Waals surface area (Å²) in [5.41, 5.74) is 4.52. The first-order valence-electron chi connectivity index (χ1n) is 11.0. The molecule has 0 aliphatic carbocycles. The van der Waals surface area contributed by atoms with E-state index in [-0.39, 0.29) is 5.82 Å². The largest absolute Gasteiger partial charge is 0.439 e. The van der Waals surface area contributed by atoms with Crippen LogP contribution in [0, 0.1) is 11.7 Å². The summed E-state index contributed by atoms with van der Waals surface area (Å²) in [5, 5.41) is 0.995. The summed E-state index contributed by atoms with van der Waals surface area (Å²) < 4.78 is 19.6. The predicted octanol–water partition coefficient (Wildman–Crippen LogP) is 6.76. The Bertz CT molecular complexity index is 1130. The highest BCUT2D eigenvalue weighted by molar-refractivity contribution is 5.97. The Morgan fingerprint density at radius 3 is 2.80 bits per heavy atom. The minimum Gasteiger partial charge on any atom is -0.439 e. The molecule has 2 aromatic heterocycles. The Labute approximate surface area is 177 Å². The zero-order valence-electron chi connectivity index (χ0n) is 18.0. The zero-order chi connectivity index (χ0) is 21.1. The first kappa shape index (κ1) is 20.6. The van der Waals surface area contributed by atoms with Crippen molar-refractivity contribution in [3.05, 3.63) is 54.3 Å². The standard InChI is InChI=1S/C25H30FN3O/c1-4-11-29(12-10-17(3)5-2)16-25-28-22-9-6-18(13-24(22)30-25)21-15-27-23-14-19(26)7-8-20(21)23/h6-9,13-15,17,27H,4-5,10-12,16H2,1-3H3. The number of fused-ring (bicyclic) bond motifs is 2. The van der Waals surface area contributed by atoms with Gasteiger partial charge in [0.2, 0.25) is 5.89 Å². The lowest BCUT2D eigenvalue weighted by molar-refractivity contribution is 0.225. The summed E-state index contributed by atoms with van der Waals surface area (Å²) in [5.74, 6) is 1.26. The van der Waals surface area contributed by atoms with Crippen LogP contribution in [0.2, 0.25) is 0 Å². The lowest BCUT2D eigenvalue weighted by Crippen LogP contribution is -2.26. The average Bonchev–Trinajstić information content (AvgIpc) is 3.34. The van der Waals surface area contributed by atoms with E-state index in [1.54, 1.807) is 0 Å². The molecule has 0 amide bonds. The highest BCUT2D eigenvalue weighted by atomic mass is 19.1. The first-order chi connectivity index (χ1) is 14.6. The number of aromatic amines is 1. The fraction of sp³-hybridized carbons (Fsp3) is 0.400. The van der Waals surface area contributed by atoms with Gasteiger partial charge in [-0.2, -0.15) is 0 Å². The van der Waals surface area contributed by atoms with E-state index in [4.69, 9.17) is 9.40 Å². The third-order valence-corrected chi connectivity index (χ3v) is 5.92. The van der Waals surface area contributed by atoms with Crippen LogP contribution in [0.15, 0.2) is 47.0 Å². The number of nitrogens with zero attached hydrogens (tertiary/aromatic N) is 2. The molecule has 0 saturated carbocycles. The lowest BCUT2D eigenvalue weighted by Gasteiger charge is -2.21. The van der Waals surface area contributed by atoms with Crippen molar-refractivity contribution in [3.8, 4) is 11.1 Å². The second-order valence-corrected chi connectivity index (χ2v) is 8.26. The van der Waals surface area contributed by atoms with Crippen LogP contribution in [0.5, 0.6) is 0 Å². The van der Waals surface area contributed by atoms with Crippen molar-refractivity contribution in [1.82, 2.24) is 14.9 Å². The Kier molecular flexibility index (Phi) is 6.18. The minimum atomic E-state index is -0.240. The van der Waals surface area contributed by atoms with E-state index >= 15 is 0 Å². The summed E-state index contributed by atoms with van der Waals surface area (Å²) in [7, 11) is 0. The monoisotopic (exact) mass is 407 g/mol. The second-order valence-electron chi connectivity index (χ2n) is 8.26. The first-order valence-corrected chi connectivity index (χ1v) is 11.0. The maximum absolute atomic E-state index is 13.5. The normalized spacial score (nSPS) is 13.0. The fourth-order valence-electron chi connectivity index (χ4n) is 3.93. The van der Waals surface area contributed by atoms with E-state index in [0.29, 0.717) is 0 Å². The molecular weight excluding hydrogens is 377 g/mol. The number of hydrogen-bond acceptors (Lipinski definition) is 3. The topological polar surface area (TPSA) is 45.1 Å². The summed E-state index contributed by atoms with van der Waals surface area (Å²) >= 11 is 0. The molecule has 5 heteroatoms. The van der Waals surface area contributed by atoms with Gasteiger partial charge >= 0.3 is 0 Å². The number of benzene rings is 2. The maximum atomic E-state index is 13.5. The molecule has 1 unspecified atom stereocenters. The van der Waals surface area contributed by atoms with Crippen LogP contribution in [0.4, 0.5) is 4.39 Å². The van der Waals surface area contributed by atoms with E-state index in [2.05, 4.69) is 30.7 Å². The van der Waals surface area contributed by atoms with Gasteiger partial charge < -0.3 is 9.40 Å². The quantitative estimate of drug-likeness (QED) is 0.333. The third-order valence-electron chi connectivity index (χ3n) is 5.92. The molecule has 0 spiro atoms. The Morgan fingerprint density at radius 1 is 1.13 bits per heavy atom. The number of hydrogen-bond donors (Lipinski definition) is 1. The van der Waals surface area contributed by atoms with E-state index in [9.17, 15) is 4.39 Å². The van der Waals surface area contributed by atoms with Gasteiger partial charge in [-0.3, -0.25) is 4.90 Å². The van der Waals surface area contributed by atoms with Gasteiger partial charge in [0, 0.05) is 22.7 Å². The summed E-state index contributed by atoms with van der Waals surface area (Å²) in [4.78, 5) is 10.3. The SMILES string of the molecule is CCCN(CCC(C)CC)Cc1nc2ccc(-c3c[nH]c4cc(F)ccc34)cc2o1. The number of halogens is 1. The average molecular weight is 408 g/mol. The molecule has 1 atom stereocenters. The maximum Gasteiger partial charge on any atom is 0.209 e. The van der Waals surface area contributed by atoms with E-state index < -0.39 is 0 Å². The number of nitrogens with one attached hydrogen (secondary N) is 1. The molecule has 0 fully saturated rings. The molecule has 0 aliphatic heterocycles. The van der Waals surface area contributed by atoms with Crippen molar-refractivity contribution >= 4 is 22.0 Å². The van der Waals surface area contributed by atoms with Crippen LogP contribution in [0.25, 0.3) is 33.1 Å². The molecule has 0 bridgehead atoms. The lowest BCUT2D eigenvalue weighted by atomic mass is 10.0. The number of oxazole rings is 1. The zero-order valence-corrected chi connectivity index (χ0v) is 18.0. The molecule has 2 heterocycles. The highest BCUT2D eigenvalue weighted by Gasteiger charge is 2.14. The van der Waals surface area contributed by atoms with Crippen LogP contribution >= 0.6 is 0 Å². The Morgan fingerprint density at radius 2 is 2.00 bits per heavy atom. The van der Waals surface area contributed by atoms with Crippen molar-refractivity contribution in [1.29, 1.82) is 0 Å². The van der Waals surface area contributed by atoms with Crippen molar-refractivity contribution in [2.45, 2.75) is 46.6 Å². The molecule has 0 radical (unpaired) electrons. The Balaban J connectivity index is 1.57.